The first-order valence-electron chi connectivity index (χ1n) is 7.13. The summed E-state index contributed by atoms with van der Waals surface area (Å²) >= 11 is 0. The minimum atomic E-state index is -4.15. The summed E-state index contributed by atoms with van der Waals surface area (Å²) in [5.74, 6) is -0.547. The van der Waals surface area contributed by atoms with Crippen LogP contribution < -0.4 is 5.32 Å². The van der Waals surface area contributed by atoms with Crippen molar-refractivity contribution in [1.29, 1.82) is 0 Å². The highest BCUT2D eigenvalue weighted by molar-refractivity contribution is 6.96. The number of nitrogens with one attached hydrogen (secondary N) is 1. The SMILES string of the molecule is O=C1NC(=O)[Si](O)(O)CC1n1c2ccccc2c2cccnc21. The first-order chi connectivity index (χ1) is 11.0. The zero-order valence-electron chi connectivity index (χ0n) is 11.9. The highest BCUT2D eigenvalue weighted by atomic mass is 28.4. The fourth-order valence-electron chi connectivity index (χ4n) is 3.10. The molecule has 1 fully saturated rings. The van der Waals surface area contributed by atoms with Gasteiger partial charge in [-0.05, 0) is 18.2 Å². The van der Waals surface area contributed by atoms with Gasteiger partial charge in [0.2, 0.25) is 5.91 Å². The molecular formula is C15H13N3O4Si. The number of carbonyl (C=O) groups excluding carboxylic acids is 2. The molecule has 3 heterocycles. The molecule has 0 bridgehead atoms. The lowest BCUT2D eigenvalue weighted by Gasteiger charge is -2.29. The van der Waals surface area contributed by atoms with Crippen LogP contribution in [0.25, 0.3) is 21.9 Å². The van der Waals surface area contributed by atoms with Gasteiger partial charge in [0.1, 0.15) is 11.7 Å². The van der Waals surface area contributed by atoms with Gasteiger partial charge < -0.3 is 14.2 Å². The zero-order chi connectivity index (χ0) is 16.2. The van der Waals surface area contributed by atoms with Crippen LogP contribution in [0.15, 0.2) is 42.6 Å². The molecule has 0 aliphatic carbocycles. The number of fused-ring (bicyclic) bond motifs is 3. The third-order valence-electron chi connectivity index (χ3n) is 4.16. The van der Waals surface area contributed by atoms with Gasteiger partial charge in [0.05, 0.1) is 5.52 Å². The number of carbonyl (C=O) groups is 2. The van der Waals surface area contributed by atoms with Crippen LogP contribution in [-0.4, -0.2) is 39.1 Å². The summed E-state index contributed by atoms with van der Waals surface area (Å²) in [6.07, 6.45) is 1.62. The Hall–Kier alpha value is -2.55. The maximum absolute atomic E-state index is 12.3. The van der Waals surface area contributed by atoms with Crippen LogP contribution in [0.2, 0.25) is 6.04 Å². The number of rotatable bonds is 1. The Morgan fingerprint density at radius 3 is 2.70 bits per heavy atom. The molecule has 1 unspecified atom stereocenters. The minimum Gasteiger partial charge on any atom is -0.405 e. The van der Waals surface area contributed by atoms with E-state index in [1.54, 1.807) is 16.8 Å². The Morgan fingerprint density at radius 1 is 1.13 bits per heavy atom. The third kappa shape index (κ3) is 2.00. The molecule has 0 saturated carbocycles. The highest BCUT2D eigenvalue weighted by Crippen LogP contribution is 2.34. The number of aromatic nitrogens is 2. The third-order valence-corrected chi connectivity index (χ3v) is 5.97. The van der Waals surface area contributed by atoms with Gasteiger partial charge in [-0.15, -0.1) is 0 Å². The topological polar surface area (TPSA) is 104 Å². The average Bonchev–Trinajstić information content (AvgIpc) is 2.86. The molecule has 1 saturated heterocycles. The first kappa shape index (κ1) is 14.1. The van der Waals surface area contributed by atoms with E-state index in [-0.39, 0.29) is 6.04 Å². The fourth-order valence-corrected chi connectivity index (χ4v) is 4.52. The van der Waals surface area contributed by atoms with Gasteiger partial charge in [0.15, 0.2) is 0 Å². The van der Waals surface area contributed by atoms with E-state index < -0.39 is 26.0 Å². The van der Waals surface area contributed by atoms with Gasteiger partial charge in [-0.1, -0.05) is 18.2 Å². The summed E-state index contributed by atoms with van der Waals surface area (Å²) in [5, 5.41) is 3.86. The summed E-state index contributed by atoms with van der Waals surface area (Å²) in [6.45, 7) is 0. The van der Waals surface area contributed by atoms with Crippen molar-refractivity contribution in [2.45, 2.75) is 12.1 Å². The van der Waals surface area contributed by atoms with Gasteiger partial charge in [0.25, 0.3) is 5.53 Å². The average molecular weight is 327 g/mol. The van der Waals surface area contributed by atoms with Crippen molar-refractivity contribution in [1.82, 2.24) is 14.9 Å². The van der Waals surface area contributed by atoms with E-state index in [1.165, 1.54) is 0 Å². The highest BCUT2D eigenvalue weighted by Gasteiger charge is 2.50. The molecule has 0 radical (unpaired) electrons. The van der Waals surface area contributed by atoms with Crippen molar-refractivity contribution in [3.05, 3.63) is 42.6 Å². The molecule has 116 valence electrons. The molecule has 3 aromatic rings. The van der Waals surface area contributed by atoms with Crippen LogP contribution in [0.4, 0.5) is 4.79 Å². The molecule has 1 aliphatic rings. The molecule has 1 aliphatic heterocycles. The van der Waals surface area contributed by atoms with Crippen molar-refractivity contribution in [3.63, 3.8) is 0 Å². The van der Waals surface area contributed by atoms with E-state index in [9.17, 15) is 19.2 Å². The Kier molecular flexibility index (Phi) is 2.89. The number of imide groups is 1. The molecule has 4 rings (SSSR count). The fraction of sp³-hybridized carbons (Fsp3) is 0.133. The van der Waals surface area contributed by atoms with Crippen molar-refractivity contribution in [2.24, 2.45) is 0 Å². The maximum atomic E-state index is 12.3. The number of amides is 2. The van der Waals surface area contributed by atoms with Crippen LogP contribution in [-0.2, 0) is 4.79 Å². The van der Waals surface area contributed by atoms with Gasteiger partial charge in [-0.3, -0.25) is 14.9 Å². The largest absolute Gasteiger partial charge is 0.433 e. The second-order valence-electron chi connectivity index (χ2n) is 5.62. The number of benzene rings is 1. The monoisotopic (exact) mass is 327 g/mol. The molecule has 3 N–H and O–H groups in total. The van der Waals surface area contributed by atoms with E-state index in [2.05, 4.69) is 10.3 Å². The minimum absolute atomic E-state index is 0.290. The molecular weight excluding hydrogens is 314 g/mol. The first-order valence-corrected chi connectivity index (χ1v) is 9.23. The van der Waals surface area contributed by atoms with Crippen LogP contribution in [0.1, 0.15) is 6.04 Å². The van der Waals surface area contributed by atoms with Crippen LogP contribution >= 0.6 is 0 Å². The zero-order valence-corrected chi connectivity index (χ0v) is 12.9. The molecule has 2 amide bonds. The second kappa shape index (κ2) is 4.72. The molecule has 2 aromatic heterocycles. The van der Waals surface area contributed by atoms with E-state index >= 15 is 0 Å². The van der Waals surface area contributed by atoms with Crippen LogP contribution in [0.5, 0.6) is 0 Å². The molecule has 1 atom stereocenters. The van der Waals surface area contributed by atoms with Crippen molar-refractivity contribution in [3.8, 4) is 0 Å². The van der Waals surface area contributed by atoms with Gasteiger partial charge >= 0.3 is 8.56 Å². The summed E-state index contributed by atoms with van der Waals surface area (Å²) < 4.78 is 1.68. The molecule has 7 nitrogen and oxygen atoms in total. The number of para-hydroxylation sites is 1. The van der Waals surface area contributed by atoms with Crippen molar-refractivity contribution in [2.75, 3.05) is 0 Å². The summed E-state index contributed by atoms with van der Waals surface area (Å²) in [4.78, 5) is 48.2. The number of pyridine rings is 1. The summed E-state index contributed by atoms with van der Waals surface area (Å²) in [7, 11) is -4.15. The standard InChI is InChI=1S/C15H13N3O4Si/c19-14-12(8-23(21,22)15(20)17-14)18-11-6-2-1-4-9(11)10-5-3-7-16-13(10)18/h1-7,12,21-22H,8H2,(H,17,19,20). The number of nitrogens with zero attached hydrogens (tertiary/aromatic N) is 2. The maximum Gasteiger partial charge on any atom is 0.433 e. The lowest BCUT2D eigenvalue weighted by atomic mass is 10.2. The van der Waals surface area contributed by atoms with E-state index in [4.69, 9.17) is 0 Å². The van der Waals surface area contributed by atoms with Crippen LogP contribution in [0, 0.1) is 0 Å². The lowest BCUT2D eigenvalue weighted by Crippen LogP contribution is -2.60. The predicted molar refractivity (Wildman–Crippen MR) is 84.8 cm³/mol. The Balaban J connectivity index is 2.00. The van der Waals surface area contributed by atoms with E-state index in [0.29, 0.717) is 5.65 Å². The van der Waals surface area contributed by atoms with Gasteiger partial charge in [0, 0.05) is 23.0 Å². The Labute approximate surface area is 131 Å². The smallest absolute Gasteiger partial charge is 0.405 e. The van der Waals surface area contributed by atoms with E-state index in [0.717, 1.165) is 16.3 Å². The molecule has 23 heavy (non-hydrogen) atoms. The Bertz CT molecular complexity index is 912. The molecule has 0 spiro atoms. The second-order valence-corrected chi connectivity index (χ2v) is 8.11. The predicted octanol–water partition coefficient (Wildman–Crippen LogP) is 0.989. The van der Waals surface area contributed by atoms with Gasteiger partial charge in [-0.2, -0.15) is 0 Å². The lowest BCUT2D eigenvalue weighted by molar-refractivity contribution is -0.123. The van der Waals surface area contributed by atoms with E-state index in [1.807, 2.05) is 30.3 Å². The molecule has 8 heteroatoms. The number of hydrogen-bond donors (Lipinski definition) is 3. The van der Waals surface area contributed by atoms with Gasteiger partial charge in [-0.25, -0.2) is 4.98 Å². The summed E-state index contributed by atoms with van der Waals surface area (Å²) in [5.41, 5.74) is 0.376. The quantitative estimate of drug-likeness (QED) is 0.578. The van der Waals surface area contributed by atoms with Crippen LogP contribution in [0.3, 0.4) is 0 Å². The Morgan fingerprint density at radius 2 is 1.87 bits per heavy atom. The molecule has 1 aromatic carbocycles. The van der Waals surface area contributed by atoms with Crippen molar-refractivity contribution < 1.29 is 19.2 Å². The number of hydrogen-bond acceptors (Lipinski definition) is 5. The van der Waals surface area contributed by atoms with Crippen molar-refractivity contribution >= 4 is 41.9 Å². The normalized spacial score (nSPS) is 20.9. The summed E-state index contributed by atoms with van der Waals surface area (Å²) in [6, 6.07) is 10.0.